The number of nitrogens with one attached hydrogen (secondary N) is 1. The van der Waals surface area contributed by atoms with Gasteiger partial charge in [0.25, 0.3) is 0 Å². The molecule has 0 spiro atoms. The van der Waals surface area contributed by atoms with Crippen molar-refractivity contribution >= 4 is 0 Å². The third-order valence-corrected chi connectivity index (χ3v) is 3.48. The summed E-state index contributed by atoms with van der Waals surface area (Å²) in [6.45, 7) is 8.78. The number of ether oxygens (including phenoxy) is 1. The van der Waals surface area contributed by atoms with E-state index in [1.54, 1.807) is 0 Å². The van der Waals surface area contributed by atoms with Gasteiger partial charge >= 0.3 is 0 Å². The predicted molar refractivity (Wildman–Crippen MR) is 73.5 cm³/mol. The average molecular weight is 242 g/mol. The Balaban J connectivity index is 2.07. The van der Waals surface area contributed by atoms with Crippen molar-refractivity contribution in [3.05, 3.63) is 0 Å². The minimum Gasteiger partial charge on any atom is -0.372 e. The largest absolute Gasteiger partial charge is 0.372 e. The number of unbranched alkanes of at least 4 members (excludes halogenated alkanes) is 2. The maximum Gasteiger partial charge on any atom is 0.0707 e. The molecule has 1 fully saturated rings. The Kier molecular flexibility index (Phi) is 7.82. The van der Waals surface area contributed by atoms with Crippen LogP contribution in [0.4, 0.5) is 0 Å². The minimum atomic E-state index is 0.448. The normalized spacial score (nSPS) is 24.7. The molecule has 102 valence electrons. The SMILES string of the molecule is CCCCCN(C)CC1CCC(CNCC)O1. The molecule has 1 saturated heterocycles. The Labute approximate surface area is 107 Å². The molecule has 0 aromatic rings. The van der Waals surface area contributed by atoms with E-state index in [0.717, 1.165) is 19.6 Å². The molecule has 3 nitrogen and oxygen atoms in total. The van der Waals surface area contributed by atoms with Crippen LogP contribution in [0.5, 0.6) is 0 Å². The number of nitrogens with zero attached hydrogens (tertiary/aromatic N) is 1. The molecule has 2 unspecified atom stereocenters. The van der Waals surface area contributed by atoms with Crippen LogP contribution in [0.25, 0.3) is 0 Å². The second kappa shape index (κ2) is 8.90. The maximum atomic E-state index is 6.04. The molecule has 1 aliphatic heterocycles. The second-order valence-electron chi connectivity index (χ2n) is 5.23. The van der Waals surface area contributed by atoms with Gasteiger partial charge in [0.05, 0.1) is 12.2 Å². The van der Waals surface area contributed by atoms with E-state index in [-0.39, 0.29) is 0 Å². The van der Waals surface area contributed by atoms with E-state index in [1.807, 2.05) is 0 Å². The van der Waals surface area contributed by atoms with Gasteiger partial charge in [-0.15, -0.1) is 0 Å². The van der Waals surface area contributed by atoms with Crippen molar-refractivity contribution in [2.24, 2.45) is 0 Å². The number of rotatable bonds is 9. The van der Waals surface area contributed by atoms with E-state index in [4.69, 9.17) is 4.74 Å². The molecule has 17 heavy (non-hydrogen) atoms. The quantitative estimate of drug-likeness (QED) is 0.628. The molecule has 0 aromatic carbocycles. The van der Waals surface area contributed by atoms with E-state index >= 15 is 0 Å². The Bertz CT molecular complexity index is 187. The summed E-state index contributed by atoms with van der Waals surface area (Å²) in [5.41, 5.74) is 0. The smallest absolute Gasteiger partial charge is 0.0707 e. The number of hydrogen-bond donors (Lipinski definition) is 1. The lowest BCUT2D eigenvalue weighted by Crippen LogP contribution is -2.32. The highest BCUT2D eigenvalue weighted by atomic mass is 16.5. The summed E-state index contributed by atoms with van der Waals surface area (Å²) in [4.78, 5) is 2.43. The summed E-state index contributed by atoms with van der Waals surface area (Å²) in [6.07, 6.45) is 7.33. The summed E-state index contributed by atoms with van der Waals surface area (Å²) in [6, 6.07) is 0. The highest BCUT2D eigenvalue weighted by molar-refractivity contribution is 4.77. The van der Waals surface area contributed by atoms with Gasteiger partial charge in [0, 0.05) is 13.1 Å². The standard InChI is InChI=1S/C14H30N2O/c1-4-6-7-10-16(3)12-14-9-8-13(17-14)11-15-5-2/h13-15H,4-12H2,1-3H3. The molecule has 1 aliphatic rings. The van der Waals surface area contributed by atoms with Crippen LogP contribution in [0.1, 0.15) is 46.0 Å². The fourth-order valence-corrected chi connectivity index (χ4v) is 2.44. The lowest BCUT2D eigenvalue weighted by molar-refractivity contribution is 0.0279. The first-order chi connectivity index (χ1) is 8.26. The first-order valence-electron chi connectivity index (χ1n) is 7.31. The van der Waals surface area contributed by atoms with Crippen molar-refractivity contribution in [3.8, 4) is 0 Å². The van der Waals surface area contributed by atoms with Crippen molar-refractivity contribution < 1.29 is 4.74 Å². The Morgan fingerprint density at radius 2 is 1.94 bits per heavy atom. The molecule has 1 heterocycles. The van der Waals surface area contributed by atoms with Crippen LogP contribution in [-0.2, 0) is 4.74 Å². The van der Waals surface area contributed by atoms with Gasteiger partial charge in [-0.25, -0.2) is 0 Å². The minimum absolute atomic E-state index is 0.448. The molecule has 1 rings (SSSR count). The van der Waals surface area contributed by atoms with Gasteiger partial charge in [-0.05, 0) is 39.4 Å². The maximum absolute atomic E-state index is 6.04. The van der Waals surface area contributed by atoms with E-state index in [0.29, 0.717) is 12.2 Å². The third kappa shape index (κ3) is 6.39. The van der Waals surface area contributed by atoms with Gasteiger partial charge < -0.3 is 15.0 Å². The summed E-state index contributed by atoms with van der Waals surface area (Å²) >= 11 is 0. The van der Waals surface area contributed by atoms with Gasteiger partial charge in [-0.2, -0.15) is 0 Å². The van der Waals surface area contributed by atoms with Crippen LogP contribution in [0.15, 0.2) is 0 Å². The van der Waals surface area contributed by atoms with Crippen molar-refractivity contribution in [2.75, 3.05) is 33.2 Å². The Morgan fingerprint density at radius 1 is 1.18 bits per heavy atom. The highest BCUT2D eigenvalue weighted by Gasteiger charge is 2.25. The first kappa shape index (κ1) is 14.9. The van der Waals surface area contributed by atoms with Crippen LogP contribution in [0.3, 0.4) is 0 Å². The average Bonchev–Trinajstić information content (AvgIpc) is 2.74. The lowest BCUT2D eigenvalue weighted by Gasteiger charge is -2.21. The van der Waals surface area contributed by atoms with Gasteiger partial charge in [0.2, 0.25) is 0 Å². The summed E-state index contributed by atoms with van der Waals surface area (Å²) < 4.78 is 6.04. The fourth-order valence-electron chi connectivity index (χ4n) is 2.44. The summed E-state index contributed by atoms with van der Waals surface area (Å²) in [5.74, 6) is 0. The van der Waals surface area contributed by atoms with Crippen LogP contribution in [0, 0.1) is 0 Å². The molecule has 0 aliphatic carbocycles. The molecule has 1 N–H and O–H groups in total. The Morgan fingerprint density at radius 3 is 2.65 bits per heavy atom. The lowest BCUT2D eigenvalue weighted by atomic mass is 10.2. The molecule has 0 amide bonds. The van der Waals surface area contributed by atoms with Gasteiger partial charge in [0.15, 0.2) is 0 Å². The first-order valence-corrected chi connectivity index (χ1v) is 7.31. The van der Waals surface area contributed by atoms with Gasteiger partial charge in [-0.1, -0.05) is 26.7 Å². The molecular formula is C14H30N2O. The topological polar surface area (TPSA) is 24.5 Å². The van der Waals surface area contributed by atoms with E-state index in [2.05, 4.69) is 31.1 Å². The zero-order valence-corrected chi connectivity index (χ0v) is 11.9. The fraction of sp³-hybridized carbons (Fsp3) is 1.00. The third-order valence-electron chi connectivity index (χ3n) is 3.48. The van der Waals surface area contributed by atoms with Crippen LogP contribution in [-0.4, -0.2) is 50.3 Å². The molecule has 0 saturated carbocycles. The van der Waals surface area contributed by atoms with E-state index in [9.17, 15) is 0 Å². The predicted octanol–water partition coefficient (Wildman–Crippen LogP) is 2.27. The molecular weight excluding hydrogens is 212 g/mol. The van der Waals surface area contributed by atoms with Gasteiger partial charge in [0.1, 0.15) is 0 Å². The monoisotopic (exact) mass is 242 g/mol. The highest BCUT2D eigenvalue weighted by Crippen LogP contribution is 2.19. The molecule has 0 aromatic heterocycles. The molecule has 3 heteroatoms. The van der Waals surface area contributed by atoms with Crippen LogP contribution >= 0.6 is 0 Å². The van der Waals surface area contributed by atoms with Crippen molar-refractivity contribution in [3.63, 3.8) is 0 Å². The van der Waals surface area contributed by atoms with Gasteiger partial charge in [-0.3, -0.25) is 0 Å². The van der Waals surface area contributed by atoms with Crippen LogP contribution < -0.4 is 5.32 Å². The number of hydrogen-bond acceptors (Lipinski definition) is 3. The zero-order chi connectivity index (χ0) is 12.5. The molecule has 0 bridgehead atoms. The van der Waals surface area contributed by atoms with Crippen molar-refractivity contribution in [1.82, 2.24) is 10.2 Å². The zero-order valence-electron chi connectivity index (χ0n) is 11.9. The van der Waals surface area contributed by atoms with Crippen molar-refractivity contribution in [1.29, 1.82) is 0 Å². The molecule has 0 radical (unpaired) electrons. The van der Waals surface area contributed by atoms with E-state index in [1.165, 1.54) is 38.6 Å². The summed E-state index contributed by atoms with van der Waals surface area (Å²) in [5, 5.41) is 3.37. The Hall–Kier alpha value is -0.120. The molecule has 2 atom stereocenters. The van der Waals surface area contributed by atoms with E-state index < -0.39 is 0 Å². The van der Waals surface area contributed by atoms with Crippen molar-refractivity contribution in [2.45, 2.75) is 58.2 Å². The van der Waals surface area contributed by atoms with Crippen LogP contribution in [0.2, 0.25) is 0 Å². The second-order valence-corrected chi connectivity index (χ2v) is 5.23. The summed E-state index contributed by atoms with van der Waals surface area (Å²) in [7, 11) is 2.22. The number of likely N-dealkylation sites (N-methyl/N-ethyl adjacent to an activating group) is 2.